The van der Waals surface area contributed by atoms with Crippen molar-refractivity contribution in [2.75, 3.05) is 31.6 Å². The number of carbonyl (C=O) groups excluding carboxylic acids is 2. The Labute approximate surface area is 142 Å². The molecular weight excluding hydrogens is 339 g/mol. The van der Waals surface area contributed by atoms with Crippen molar-refractivity contribution in [2.24, 2.45) is 5.92 Å². The Balaban J connectivity index is 1.66. The Bertz CT molecular complexity index is 703. The van der Waals surface area contributed by atoms with Gasteiger partial charge in [0, 0.05) is 38.8 Å². The van der Waals surface area contributed by atoms with Gasteiger partial charge in [0.25, 0.3) is 0 Å². The largest absolute Gasteiger partial charge is 0.433 e. The van der Waals surface area contributed by atoms with Gasteiger partial charge in [0.2, 0.25) is 17.8 Å². The van der Waals surface area contributed by atoms with E-state index in [1.54, 1.807) is 9.80 Å². The summed E-state index contributed by atoms with van der Waals surface area (Å²) in [7, 11) is 1.52. The number of halogens is 3. The Kier molecular flexibility index (Phi) is 4.29. The van der Waals surface area contributed by atoms with Crippen LogP contribution in [0.3, 0.4) is 0 Å². The Morgan fingerprint density at radius 3 is 2.56 bits per heavy atom. The molecule has 0 aliphatic carbocycles. The molecule has 0 aromatic carbocycles. The van der Waals surface area contributed by atoms with E-state index >= 15 is 0 Å². The van der Waals surface area contributed by atoms with Gasteiger partial charge in [0.15, 0.2) is 0 Å². The van der Waals surface area contributed by atoms with Gasteiger partial charge in [-0.2, -0.15) is 13.2 Å². The molecule has 3 heterocycles. The first-order valence-electron chi connectivity index (χ1n) is 7.88. The molecule has 3 rings (SSSR count). The Hall–Kier alpha value is -2.39. The maximum absolute atomic E-state index is 12.9. The number of nitrogens with one attached hydrogen (secondary N) is 1. The van der Waals surface area contributed by atoms with Crippen molar-refractivity contribution < 1.29 is 22.8 Å². The average Bonchev–Trinajstić information content (AvgIpc) is 2.85. The van der Waals surface area contributed by atoms with Gasteiger partial charge in [-0.3, -0.25) is 9.59 Å². The molecule has 136 valence electrons. The molecule has 0 radical (unpaired) electrons. The summed E-state index contributed by atoms with van der Waals surface area (Å²) in [5, 5.41) is 2.53. The molecule has 10 heteroatoms. The minimum absolute atomic E-state index is 0.0121. The van der Waals surface area contributed by atoms with E-state index in [0.717, 1.165) is 6.07 Å². The summed E-state index contributed by atoms with van der Waals surface area (Å²) in [6.07, 6.45) is -4.37. The molecule has 2 aliphatic heterocycles. The normalized spacial score (nSPS) is 21.5. The highest BCUT2D eigenvalue weighted by molar-refractivity contribution is 5.89. The number of hydrogen-bond acceptors (Lipinski definition) is 5. The summed E-state index contributed by atoms with van der Waals surface area (Å²) >= 11 is 0. The topological polar surface area (TPSA) is 78.4 Å². The van der Waals surface area contributed by atoms with Gasteiger partial charge in [-0.05, 0) is 13.0 Å². The lowest BCUT2D eigenvalue weighted by Crippen LogP contribution is -2.60. The average molecular weight is 357 g/mol. The highest BCUT2D eigenvalue weighted by Gasteiger charge is 2.43. The van der Waals surface area contributed by atoms with Gasteiger partial charge in [0.1, 0.15) is 5.69 Å². The van der Waals surface area contributed by atoms with Crippen LogP contribution in [-0.2, 0) is 15.8 Å². The van der Waals surface area contributed by atoms with Crippen molar-refractivity contribution in [3.05, 3.63) is 17.5 Å². The molecule has 2 amide bonds. The SMILES string of the molecule is CNC(=O)C1CC(=O)N(C2CN(c3nc(C)cc(C(F)(F)F)n3)C2)C1. The molecule has 2 fully saturated rings. The number of likely N-dealkylation sites (tertiary alicyclic amines) is 1. The van der Waals surface area contributed by atoms with Crippen LogP contribution in [0.1, 0.15) is 17.8 Å². The zero-order chi connectivity index (χ0) is 18.4. The summed E-state index contributed by atoms with van der Waals surface area (Å²) in [4.78, 5) is 34.6. The number of aryl methyl sites for hydroxylation is 1. The highest BCUT2D eigenvalue weighted by Crippen LogP contribution is 2.31. The van der Waals surface area contributed by atoms with Crippen LogP contribution in [0.4, 0.5) is 19.1 Å². The second-order valence-electron chi connectivity index (χ2n) is 6.31. The first-order valence-corrected chi connectivity index (χ1v) is 7.88. The fourth-order valence-electron chi connectivity index (χ4n) is 3.12. The van der Waals surface area contributed by atoms with Crippen molar-refractivity contribution in [2.45, 2.75) is 25.6 Å². The molecule has 0 saturated carbocycles. The predicted molar refractivity (Wildman–Crippen MR) is 81.7 cm³/mol. The number of aromatic nitrogens is 2. The van der Waals surface area contributed by atoms with Crippen molar-refractivity contribution in [3.63, 3.8) is 0 Å². The van der Waals surface area contributed by atoms with E-state index in [-0.39, 0.29) is 41.8 Å². The number of nitrogens with zero attached hydrogens (tertiary/aromatic N) is 4. The van der Waals surface area contributed by atoms with Crippen LogP contribution in [0.2, 0.25) is 0 Å². The molecule has 0 bridgehead atoms. The second kappa shape index (κ2) is 6.16. The van der Waals surface area contributed by atoms with Crippen LogP contribution >= 0.6 is 0 Å². The van der Waals surface area contributed by atoms with Gasteiger partial charge < -0.3 is 15.1 Å². The number of carbonyl (C=O) groups is 2. The van der Waals surface area contributed by atoms with Gasteiger partial charge in [-0.1, -0.05) is 0 Å². The van der Waals surface area contributed by atoms with E-state index in [1.807, 2.05) is 0 Å². The zero-order valence-electron chi connectivity index (χ0n) is 13.8. The van der Waals surface area contributed by atoms with E-state index in [2.05, 4.69) is 15.3 Å². The highest BCUT2D eigenvalue weighted by atomic mass is 19.4. The smallest absolute Gasteiger partial charge is 0.359 e. The number of amides is 2. The third-order valence-electron chi connectivity index (χ3n) is 4.49. The second-order valence-corrected chi connectivity index (χ2v) is 6.31. The van der Waals surface area contributed by atoms with Gasteiger partial charge in [-0.15, -0.1) is 0 Å². The summed E-state index contributed by atoms with van der Waals surface area (Å²) in [6.45, 7) is 2.52. The molecule has 0 spiro atoms. The molecule has 25 heavy (non-hydrogen) atoms. The van der Waals surface area contributed by atoms with Crippen molar-refractivity contribution in [3.8, 4) is 0 Å². The Morgan fingerprint density at radius 1 is 1.28 bits per heavy atom. The lowest BCUT2D eigenvalue weighted by Gasteiger charge is -2.44. The van der Waals surface area contributed by atoms with Gasteiger partial charge in [-0.25, -0.2) is 9.97 Å². The van der Waals surface area contributed by atoms with Gasteiger partial charge in [0.05, 0.1) is 12.0 Å². The Morgan fingerprint density at radius 2 is 1.96 bits per heavy atom. The van der Waals surface area contributed by atoms with Crippen LogP contribution in [0, 0.1) is 12.8 Å². The van der Waals surface area contributed by atoms with Crippen molar-refractivity contribution >= 4 is 17.8 Å². The number of rotatable bonds is 3. The van der Waals surface area contributed by atoms with Crippen molar-refractivity contribution in [1.82, 2.24) is 20.2 Å². The molecule has 1 aromatic rings. The molecule has 1 aromatic heterocycles. The van der Waals surface area contributed by atoms with E-state index in [9.17, 15) is 22.8 Å². The summed E-state index contributed by atoms with van der Waals surface area (Å²) in [5.74, 6) is -0.653. The van der Waals surface area contributed by atoms with Crippen LogP contribution in [0.25, 0.3) is 0 Å². The van der Waals surface area contributed by atoms with Crippen molar-refractivity contribution in [1.29, 1.82) is 0 Å². The molecule has 7 nitrogen and oxygen atoms in total. The van der Waals surface area contributed by atoms with Gasteiger partial charge >= 0.3 is 6.18 Å². The number of anilines is 1. The first kappa shape index (κ1) is 17.4. The minimum Gasteiger partial charge on any atom is -0.359 e. The quantitative estimate of drug-likeness (QED) is 0.857. The van der Waals surface area contributed by atoms with E-state index in [1.165, 1.54) is 14.0 Å². The summed E-state index contributed by atoms with van der Waals surface area (Å²) in [5.41, 5.74) is -0.743. The van der Waals surface area contributed by atoms with Crippen LogP contribution in [0.5, 0.6) is 0 Å². The monoisotopic (exact) mass is 357 g/mol. The molecule has 1 unspecified atom stereocenters. The molecule has 2 saturated heterocycles. The standard InChI is InChI=1S/C15H18F3N5O2/c1-8-3-11(15(16,17)18)21-14(20-8)22-6-10(7-22)23-5-9(4-12(23)24)13(25)19-2/h3,9-10H,4-7H2,1-2H3,(H,19,25). The van der Waals surface area contributed by atoms with Crippen LogP contribution < -0.4 is 10.2 Å². The fraction of sp³-hybridized carbons (Fsp3) is 0.600. The molecule has 1 N–H and O–H groups in total. The van der Waals surface area contributed by atoms with E-state index < -0.39 is 11.9 Å². The maximum Gasteiger partial charge on any atom is 0.433 e. The number of hydrogen-bond donors (Lipinski definition) is 1. The third-order valence-corrected chi connectivity index (χ3v) is 4.49. The van der Waals surface area contributed by atoms with E-state index in [0.29, 0.717) is 19.6 Å². The number of alkyl halides is 3. The minimum atomic E-state index is -4.53. The molecular formula is C15H18F3N5O2. The maximum atomic E-state index is 12.9. The first-order chi connectivity index (χ1) is 11.7. The van der Waals surface area contributed by atoms with E-state index in [4.69, 9.17) is 0 Å². The van der Waals surface area contributed by atoms with Crippen LogP contribution in [0.15, 0.2) is 6.07 Å². The van der Waals surface area contributed by atoms with Crippen LogP contribution in [-0.4, -0.2) is 59.4 Å². The third kappa shape index (κ3) is 3.38. The lowest BCUT2D eigenvalue weighted by molar-refractivity contribution is -0.141. The zero-order valence-corrected chi connectivity index (χ0v) is 13.8. The summed E-state index contributed by atoms with van der Waals surface area (Å²) < 4.78 is 38.6. The molecule has 2 aliphatic rings. The summed E-state index contributed by atoms with van der Waals surface area (Å²) in [6, 6.07) is 0.763. The fourth-order valence-corrected chi connectivity index (χ4v) is 3.12. The predicted octanol–water partition coefficient (Wildman–Crippen LogP) is 0.587. The molecule has 1 atom stereocenters. The lowest BCUT2D eigenvalue weighted by atomic mass is 10.1.